The van der Waals surface area contributed by atoms with E-state index in [1.165, 1.54) is 17.4 Å². The Bertz CT molecular complexity index is 547. The molecule has 0 amide bonds. The zero-order valence-electron chi connectivity index (χ0n) is 9.98. The first-order chi connectivity index (χ1) is 9.08. The highest BCUT2D eigenvalue weighted by Gasteiger charge is 2.47. The van der Waals surface area contributed by atoms with Crippen molar-refractivity contribution in [3.8, 4) is 0 Å². The maximum absolute atomic E-state index is 12.0. The molecule has 2 fully saturated rings. The molecule has 0 N–H and O–H groups in total. The zero-order chi connectivity index (χ0) is 13.5. The smallest absolute Gasteiger partial charge is 0.348 e. The average Bonchev–Trinajstić information content (AvgIpc) is 2.94. The largest absolute Gasteiger partial charge is 0.419 e. The molecule has 3 rings (SSSR count). The topological polar surface area (TPSA) is 52.6 Å². The minimum absolute atomic E-state index is 0.0353. The van der Waals surface area contributed by atoms with Crippen LogP contribution in [0.5, 0.6) is 0 Å². The Labute approximate surface area is 122 Å². The highest BCUT2D eigenvalue weighted by molar-refractivity contribution is 9.11. The van der Waals surface area contributed by atoms with Crippen molar-refractivity contribution in [2.45, 2.75) is 31.5 Å². The van der Waals surface area contributed by atoms with Gasteiger partial charge in [-0.15, -0.1) is 11.3 Å². The van der Waals surface area contributed by atoms with Gasteiger partial charge in [-0.3, -0.25) is 0 Å². The fraction of sp³-hybridized carbons (Fsp3) is 0.385. The van der Waals surface area contributed by atoms with E-state index in [2.05, 4.69) is 15.9 Å². The number of esters is 2. The molecule has 0 atom stereocenters. The van der Waals surface area contributed by atoms with E-state index < -0.39 is 17.7 Å². The lowest BCUT2D eigenvalue weighted by Crippen LogP contribution is -2.44. The number of carbonyl (C=O) groups is 2. The summed E-state index contributed by atoms with van der Waals surface area (Å²) < 4.78 is 11.6. The third kappa shape index (κ3) is 2.47. The molecule has 2 aliphatic rings. The van der Waals surface area contributed by atoms with Crippen molar-refractivity contribution in [3.63, 3.8) is 0 Å². The Kier molecular flexibility index (Phi) is 3.22. The molecule has 1 spiro atoms. The van der Waals surface area contributed by atoms with E-state index in [1.807, 2.05) is 12.1 Å². The summed E-state index contributed by atoms with van der Waals surface area (Å²) in [7, 11) is 0. The van der Waals surface area contributed by atoms with Crippen LogP contribution in [0.2, 0.25) is 0 Å². The van der Waals surface area contributed by atoms with Gasteiger partial charge in [-0.25, -0.2) is 9.59 Å². The quantitative estimate of drug-likeness (QED) is 0.446. The lowest BCUT2D eigenvalue weighted by Gasteiger charge is -2.32. The number of rotatable bonds is 1. The van der Waals surface area contributed by atoms with Gasteiger partial charge in [-0.2, -0.15) is 0 Å². The SMILES string of the molecule is O=C1OC2(CCCC2)OC(=O)C1=Cc1ccc(Br)s1. The normalized spacial score (nSPS) is 21.4. The molecular formula is C13H11BrO4S. The van der Waals surface area contributed by atoms with Gasteiger partial charge in [0.05, 0.1) is 3.79 Å². The number of ether oxygens (including phenoxy) is 2. The molecule has 100 valence electrons. The van der Waals surface area contributed by atoms with Crippen molar-refractivity contribution in [3.05, 3.63) is 26.4 Å². The summed E-state index contributed by atoms with van der Waals surface area (Å²) >= 11 is 4.77. The summed E-state index contributed by atoms with van der Waals surface area (Å²) in [6.45, 7) is 0. The number of thiophene rings is 1. The molecule has 6 heteroatoms. The summed E-state index contributed by atoms with van der Waals surface area (Å²) in [4.78, 5) is 24.8. The van der Waals surface area contributed by atoms with E-state index in [4.69, 9.17) is 9.47 Å². The van der Waals surface area contributed by atoms with E-state index in [0.717, 1.165) is 21.5 Å². The second-order valence-electron chi connectivity index (χ2n) is 4.60. The molecule has 19 heavy (non-hydrogen) atoms. The molecule has 0 unspecified atom stereocenters. The monoisotopic (exact) mass is 342 g/mol. The first-order valence-electron chi connectivity index (χ1n) is 6.02. The Morgan fingerprint density at radius 2 is 1.79 bits per heavy atom. The van der Waals surface area contributed by atoms with E-state index in [-0.39, 0.29) is 5.57 Å². The molecule has 1 saturated heterocycles. The standard InChI is InChI=1S/C13H11BrO4S/c14-10-4-3-8(19-10)7-9-11(15)17-13(18-12(9)16)5-1-2-6-13/h3-4,7H,1-2,5-6H2. The van der Waals surface area contributed by atoms with Crippen molar-refractivity contribution in [2.24, 2.45) is 0 Å². The van der Waals surface area contributed by atoms with Gasteiger partial charge in [0.25, 0.3) is 5.79 Å². The van der Waals surface area contributed by atoms with Crippen molar-refractivity contribution in [1.82, 2.24) is 0 Å². The molecule has 1 aromatic rings. The third-order valence-electron chi connectivity index (χ3n) is 3.24. The predicted molar refractivity (Wildman–Crippen MR) is 73.4 cm³/mol. The van der Waals surface area contributed by atoms with E-state index in [9.17, 15) is 9.59 Å². The number of carbonyl (C=O) groups excluding carboxylic acids is 2. The summed E-state index contributed by atoms with van der Waals surface area (Å²) in [5.74, 6) is -2.16. The Morgan fingerprint density at radius 1 is 1.16 bits per heavy atom. The van der Waals surface area contributed by atoms with Crippen molar-refractivity contribution in [1.29, 1.82) is 0 Å². The summed E-state index contributed by atoms with van der Waals surface area (Å²) in [6, 6.07) is 3.68. The number of halogens is 1. The fourth-order valence-electron chi connectivity index (χ4n) is 2.34. The van der Waals surface area contributed by atoms with Crippen molar-refractivity contribution < 1.29 is 19.1 Å². The maximum atomic E-state index is 12.0. The van der Waals surface area contributed by atoms with Crippen LogP contribution in [0.4, 0.5) is 0 Å². The van der Waals surface area contributed by atoms with Crippen LogP contribution in [0.3, 0.4) is 0 Å². The van der Waals surface area contributed by atoms with Crippen LogP contribution < -0.4 is 0 Å². The highest BCUT2D eigenvalue weighted by Crippen LogP contribution is 2.39. The molecule has 0 bridgehead atoms. The van der Waals surface area contributed by atoms with Gasteiger partial charge >= 0.3 is 11.9 Å². The van der Waals surface area contributed by atoms with Gasteiger partial charge in [0.1, 0.15) is 5.57 Å². The first-order valence-corrected chi connectivity index (χ1v) is 7.63. The fourth-order valence-corrected chi connectivity index (χ4v) is 3.70. The van der Waals surface area contributed by atoms with Crippen LogP contribution in [-0.2, 0) is 19.1 Å². The molecule has 0 radical (unpaired) electrons. The van der Waals surface area contributed by atoms with E-state index in [1.54, 1.807) is 0 Å². The average molecular weight is 343 g/mol. The maximum Gasteiger partial charge on any atom is 0.348 e. The highest BCUT2D eigenvalue weighted by atomic mass is 79.9. The summed E-state index contributed by atoms with van der Waals surface area (Å²) in [5.41, 5.74) is -0.0353. The van der Waals surface area contributed by atoms with Gasteiger partial charge in [0, 0.05) is 17.7 Å². The van der Waals surface area contributed by atoms with Crippen LogP contribution in [0, 0.1) is 0 Å². The van der Waals surface area contributed by atoms with Gasteiger partial charge in [0.2, 0.25) is 0 Å². The zero-order valence-corrected chi connectivity index (χ0v) is 12.4. The van der Waals surface area contributed by atoms with Gasteiger partial charge in [-0.1, -0.05) is 0 Å². The molecule has 0 aromatic carbocycles. The van der Waals surface area contributed by atoms with Crippen LogP contribution in [-0.4, -0.2) is 17.7 Å². The van der Waals surface area contributed by atoms with E-state index >= 15 is 0 Å². The van der Waals surface area contributed by atoms with Crippen LogP contribution in [0.15, 0.2) is 21.5 Å². The van der Waals surface area contributed by atoms with Gasteiger partial charge in [0.15, 0.2) is 0 Å². The molecule has 1 aliphatic carbocycles. The lowest BCUT2D eigenvalue weighted by atomic mass is 10.1. The van der Waals surface area contributed by atoms with Crippen LogP contribution in [0.25, 0.3) is 6.08 Å². The molecule has 1 aliphatic heterocycles. The number of hydrogen-bond acceptors (Lipinski definition) is 5. The Hall–Kier alpha value is -1.14. The lowest BCUT2D eigenvalue weighted by molar-refractivity contribution is -0.232. The minimum atomic E-state index is -0.998. The predicted octanol–water partition coefficient (Wildman–Crippen LogP) is 3.26. The Balaban J connectivity index is 1.86. The van der Waals surface area contributed by atoms with Gasteiger partial charge in [-0.05, 0) is 47.0 Å². The van der Waals surface area contributed by atoms with Crippen LogP contribution in [0.1, 0.15) is 30.6 Å². The summed E-state index contributed by atoms with van der Waals surface area (Å²) in [6.07, 6.45) is 4.54. The molecule has 2 heterocycles. The Morgan fingerprint density at radius 3 is 2.32 bits per heavy atom. The molecule has 1 aromatic heterocycles. The van der Waals surface area contributed by atoms with Crippen molar-refractivity contribution >= 4 is 45.3 Å². The van der Waals surface area contributed by atoms with Gasteiger partial charge < -0.3 is 9.47 Å². The second kappa shape index (κ2) is 4.76. The third-order valence-corrected chi connectivity index (χ3v) is 4.81. The summed E-state index contributed by atoms with van der Waals surface area (Å²) in [5, 5.41) is 0. The minimum Gasteiger partial charge on any atom is -0.419 e. The first kappa shape index (κ1) is 12.9. The van der Waals surface area contributed by atoms with E-state index in [0.29, 0.717) is 12.8 Å². The van der Waals surface area contributed by atoms with Crippen LogP contribution >= 0.6 is 27.3 Å². The second-order valence-corrected chi connectivity index (χ2v) is 7.09. The molecular weight excluding hydrogens is 332 g/mol. The number of hydrogen-bond donors (Lipinski definition) is 0. The van der Waals surface area contributed by atoms with Crippen molar-refractivity contribution in [2.75, 3.05) is 0 Å². The molecule has 1 saturated carbocycles. The molecule has 4 nitrogen and oxygen atoms in total.